The van der Waals surface area contributed by atoms with Crippen LogP contribution < -0.4 is 0 Å². The Balaban J connectivity index is 1.96. The topological polar surface area (TPSA) is 0 Å². The number of rotatable bonds is 2. The molecule has 4 rings (SSSR count). The Kier molecular flexibility index (Phi) is 3.41. The molecule has 0 radical (unpaired) electrons. The van der Waals surface area contributed by atoms with E-state index in [9.17, 15) is 0 Å². The Hall–Kier alpha value is -1.56. The lowest BCUT2D eigenvalue weighted by Gasteiger charge is -2.28. The standard InChI is InChI=1S/C23H28/c1-15(2)17-7-9-19-20-10-8-18(16(3)4)14-22(20)23(21(19)13-17)11-5-6-12-23/h7-10,13-16H,5-6,11-12H2,1-4H3. The fourth-order valence-corrected chi connectivity index (χ4v) is 4.77. The van der Waals surface area contributed by atoms with E-state index in [0.717, 1.165) is 0 Å². The highest BCUT2D eigenvalue weighted by Crippen LogP contribution is 2.57. The second-order valence-electron chi connectivity index (χ2n) is 8.21. The lowest BCUT2D eigenvalue weighted by molar-refractivity contribution is 0.548. The zero-order valence-corrected chi connectivity index (χ0v) is 14.9. The van der Waals surface area contributed by atoms with Gasteiger partial charge in [0.25, 0.3) is 0 Å². The molecule has 1 spiro atoms. The van der Waals surface area contributed by atoms with Gasteiger partial charge < -0.3 is 0 Å². The van der Waals surface area contributed by atoms with Crippen molar-refractivity contribution in [2.75, 3.05) is 0 Å². The van der Waals surface area contributed by atoms with Gasteiger partial charge in [0.1, 0.15) is 0 Å². The minimum absolute atomic E-state index is 0.306. The number of hydrogen-bond acceptors (Lipinski definition) is 0. The summed E-state index contributed by atoms with van der Waals surface area (Å²) in [4.78, 5) is 0. The third kappa shape index (κ3) is 2.11. The summed E-state index contributed by atoms with van der Waals surface area (Å²) >= 11 is 0. The van der Waals surface area contributed by atoms with Crippen LogP contribution in [0.2, 0.25) is 0 Å². The molecule has 0 bridgehead atoms. The van der Waals surface area contributed by atoms with Crippen LogP contribution in [0.25, 0.3) is 11.1 Å². The normalized spacial score (nSPS) is 18.0. The van der Waals surface area contributed by atoms with Crippen molar-refractivity contribution in [1.82, 2.24) is 0 Å². The lowest BCUT2D eigenvalue weighted by Crippen LogP contribution is -2.21. The van der Waals surface area contributed by atoms with Crippen molar-refractivity contribution in [3.63, 3.8) is 0 Å². The smallest absolute Gasteiger partial charge is 0.0215 e. The maximum Gasteiger partial charge on any atom is 0.0215 e. The van der Waals surface area contributed by atoms with Gasteiger partial charge in [0.15, 0.2) is 0 Å². The molecule has 2 aromatic carbocycles. The molecule has 2 aliphatic carbocycles. The molecule has 23 heavy (non-hydrogen) atoms. The SMILES string of the molecule is CC(C)c1ccc2c(c1)C1(CCCC1)c1cc(C(C)C)ccc1-2. The summed E-state index contributed by atoms with van der Waals surface area (Å²) in [6.07, 6.45) is 5.40. The van der Waals surface area contributed by atoms with Crippen LogP contribution in [0, 0.1) is 0 Å². The average molecular weight is 304 g/mol. The third-order valence-electron chi connectivity index (χ3n) is 6.20. The number of hydrogen-bond donors (Lipinski definition) is 0. The quantitative estimate of drug-likeness (QED) is 0.574. The molecule has 1 fully saturated rings. The first-order chi connectivity index (χ1) is 11.0. The monoisotopic (exact) mass is 304 g/mol. The molecule has 0 aliphatic heterocycles. The van der Waals surface area contributed by atoms with E-state index in [1.807, 2.05) is 0 Å². The molecule has 120 valence electrons. The van der Waals surface area contributed by atoms with Crippen LogP contribution in [0.15, 0.2) is 36.4 Å². The summed E-state index contributed by atoms with van der Waals surface area (Å²) in [6.45, 7) is 9.23. The molecule has 1 saturated carbocycles. The van der Waals surface area contributed by atoms with Crippen molar-refractivity contribution < 1.29 is 0 Å². The molecular formula is C23H28. The largest absolute Gasteiger partial charge is 0.0587 e. The maximum atomic E-state index is 2.53. The molecule has 0 heteroatoms. The van der Waals surface area contributed by atoms with Gasteiger partial charge in [0.05, 0.1) is 0 Å². The highest BCUT2D eigenvalue weighted by atomic mass is 14.5. The molecule has 0 heterocycles. The predicted octanol–water partition coefficient (Wildman–Crippen LogP) is 6.77. The van der Waals surface area contributed by atoms with E-state index in [4.69, 9.17) is 0 Å². The fourth-order valence-electron chi connectivity index (χ4n) is 4.77. The van der Waals surface area contributed by atoms with Crippen molar-refractivity contribution in [2.45, 2.75) is 70.6 Å². The first-order valence-electron chi connectivity index (χ1n) is 9.32. The molecule has 0 amide bonds. The van der Waals surface area contributed by atoms with Gasteiger partial charge in [-0.25, -0.2) is 0 Å². The van der Waals surface area contributed by atoms with Crippen LogP contribution in [-0.2, 0) is 5.41 Å². The molecular weight excluding hydrogens is 276 g/mol. The van der Waals surface area contributed by atoms with Gasteiger partial charge in [0, 0.05) is 5.41 Å². The Morgan fingerprint density at radius 1 is 0.696 bits per heavy atom. The van der Waals surface area contributed by atoms with E-state index >= 15 is 0 Å². The van der Waals surface area contributed by atoms with E-state index in [1.165, 1.54) is 47.9 Å². The van der Waals surface area contributed by atoms with Crippen LogP contribution in [0.3, 0.4) is 0 Å². The van der Waals surface area contributed by atoms with E-state index in [2.05, 4.69) is 64.1 Å². The molecule has 0 atom stereocenters. The van der Waals surface area contributed by atoms with Crippen molar-refractivity contribution >= 4 is 0 Å². The van der Waals surface area contributed by atoms with Crippen LogP contribution in [0.1, 0.15) is 87.5 Å². The van der Waals surface area contributed by atoms with Gasteiger partial charge in [0.2, 0.25) is 0 Å². The second-order valence-corrected chi connectivity index (χ2v) is 8.21. The van der Waals surface area contributed by atoms with E-state index in [1.54, 1.807) is 11.1 Å². The van der Waals surface area contributed by atoms with Crippen molar-refractivity contribution in [3.05, 3.63) is 58.7 Å². The predicted molar refractivity (Wildman–Crippen MR) is 99.3 cm³/mol. The molecule has 2 aromatic rings. The number of benzene rings is 2. The summed E-state index contributed by atoms with van der Waals surface area (Å²) in [5, 5.41) is 0. The molecule has 0 unspecified atom stereocenters. The van der Waals surface area contributed by atoms with Crippen molar-refractivity contribution in [3.8, 4) is 11.1 Å². The van der Waals surface area contributed by atoms with E-state index in [0.29, 0.717) is 17.3 Å². The van der Waals surface area contributed by atoms with Gasteiger partial charge in [-0.3, -0.25) is 0 Å². The zero-order chi connectivity index (χ0) is 16.2. The molecule has 2 aliphatic rings. The second kappa shape index (κ2) is 5.23. The average Bonchev–Trinajstić information content (AvgIpc) is 3.13. The van der Waals surface area contributed by atoms with E-state index in [-0.39, 0.29) is 0 Å². The van der Waals surface area contributed by atoms with Crippen molar-refractivity contribution in [1.29, 1.82) is 0 Å². The Morgan fingerprint density at radius 2 is 1.13 bits per heavy atom. The summed E-state index contributed by atoms with van der Waals surface area (Å²) in [5.74, 6) is 1.21. The Morgan fingerprint density at radius 3 is 1.52 bits per heavy atom. The van der Waals surface area contributed by atoms with E-state index < -0.39 is 0 Å². The molecule has 0 aromatic heterocycles. The minimum atomic E-state index is 0.306. The van der Waals surface area contributed by atoms with Gasteiger partial charge in [-0.05, 0) is 58.1 Å². The van der Waals surface area contributed by atoms with Crippen LogP contribution in [-0.4, -0.2) is 0 Å². The van der Waals surface area contributed by atoms with Crippen molar-refractivity contribution in [2.24, 2.45) is 0 Å². The number of fused-ring (bicyclic) bond motifs is 5. The van der Waals surface area contributed by atoms with Crippen LogP contribution >= 0.6 is 0 Å². The fraction of sp³-hybridized carbons (Fsp3) is 0.478. The zero-order valence-electron chi connectivity index (χ0n) is 14.9. The first-order valence-corrected chi connectivity index (χ1v) is 9.32. The summed E-state index contributed by atoms with van der Waals surface area (Å²) < 4.78 is 0. The third-order valence-corrected chi connectivity index (χ3v) is 6.20. The summed E-state index contributed by atoms with van der Waals surface area (Å²) in [6, 6.07) is 14.5. The molecule has 0 nitrogen and oxygen atoms in total. The Bertz CT molecular complexity index is 683. The molecule has 0 saturated heterocycles. The minimum Gasteiger partial charge on any atom is -0.0587 e. The highest BCUT2D eigenvalue weighted by molar-refractivity contribution is 5.82. The Labute approximate surface area is 140 Å². The maximum absolute atomic E-state index is 2.53. The highest BCUT2D eigenvalue weighted by Gasteiger charge is 2.45. The van der Waals surface area contributed by atoms with Crippen LogP contribution in [0.4, 0.5) is 0 Å². The van der Waals surface area contributed by atoms with Crippen LogP contribution in [0.5, 0.6) is 0 Å². The summed E-state index contributed by atoms with van der Waals surface area (Å²) in [5.41, 5.74) is 9.54. The van der Waals surface area contributed by atoms with Gasteiger partial charge in [-0.15, -0.1) is 0 Å². The first kappa shape index (κ1) is 15.0. The van der Waals surface area contributed by atoms with Gasteiger partial charge in [-0.1, -0.05) is 76.9 Å². The van der Waals surface area contributed by atoms with Gasteiger partial charge in [-0.2, -0.15) is 0 Å². The summed E-state index contributed by atoms with van der Waals surface area (Å²) in [7, 11) is 0. The lowest BCUT2D eigenvalue weighted by atomic mass is 9.75. The van der Waals surface area contributed by atoms with Gasteiger partial charge >= 0.3 is 0 Å². The molecule has 0 N–H and O–H groups in total.